The third-order valence-electron chi connectivity index (χ3n) is 5.99. The molecule has 0 bridgehead atoms. The average Bonchev–Trinajstić information content (AvgIpc) is 3.22. The van der Waals surface area contributed by atoms with Crippen LogP contribution in [0.15, 0.2) is 48.6 Å². The van der Waals surface area contributed by atoms with Crippen molar-refractivity contribution in [3.8, 4) is 17.2 Å². The van der Waals surface area contributed by atoms with Crippen LogP contribution in [-0.4, -0.2) is 27.5 Å². The molecular weight excluding hydrogens is 348 g/mol. The van der Waals surface area contributed by atoms with Crippen LogP contribution in [0.4, 0.5) is 0 Å². The van der Waals surface area contributed by atoms with Gasteiger partial charge in [0.15, 0.2) is 0 Å². The molecule has 2 heterocycles. The summed E-state index contributed by atoms with van der Waals surface area (Å²) in [6.07, 6.45) is 3.71. The lowest BCUT2D eigenvalue weighted by atomic mass is 9.81. The number of hydrogen-bond acceptors (Lipinski definition) is 3. The minimum Gasteiger partial charge on any atom is -0.329 e. The van der Waals surface area contributed by atoms with E-state index in [2.05, 4.69) is 41.0 Å². The van der Waals surface area contributed by atoms with Crippen molar-refractivity contribution in [3.05, 3.63) is 65.4 Å². The molecule has 5 rings (SSSR count). The monoisotopic (exact) mass is 368 g/mol. The fraction of sp³-hybridized carbons (Fsp3) is 0.261. The number of nitrogens with zero attached hydrogens (tertiary/aromatic N) is 3. The van der Waals surface area contributed by atoms with E-state index in [1.165, 1.54) is 30.3 Å². The van der Waals surface area contributed by atoms with Gasteiger partial charge in [-0.25, -0.2) is 0 Å². The third-order valence-corrected chi connectivity index (χ3v) is 5.99. The highest BCUT2D eigenvalue weighted by molar-refractivity contribution is 6.01. The number of carbonyl (C=O) groups excluding carboxylic acids is 1. The summed E-state index contributed by atoms with van der Waals surface area (Å²) >= 11 is 0. The van der Waals surface area contributed by atoms with Crippen LogP contribution in [0.3, 0.4) is 0 Å². The highest BCUT2D eigenvalue weighted by Crippen LogP contribution is 2.40. The lowest BCUT2D eigenvalue weighted by Crippen LogP contribution is -2.25. The van der Waals surface area contributed by atoms with Crippen LogP contribution in [-0.2, 0) is 6.54 Å². The Hall–Kier alpha value is -3.39. The van der Waals surface area contributed by atoms with Gasteiger partial charge in [0.2, 0.25) is 0 Å². The number of aromatic nitrogens is 2. The van der Waals surface area contributed by atoms with Crippen molar-refractivity contribution in [3.63, 3.8) is 0 Å². The van der Waals surface area contributed by atoms with Gasteiger partial charge in [0.25, 0.3) is 5.91 Å². The number of nitrogens with one attached hydrogen (secondary N) is 1. The molecule has 0 atom stereocenters. The van der Waals surface area contributed by atoms with Crippen molar-refractivity contribution < 1.29 is 4.79 Å². The van der Waals surface area contributed by atoms with Gasteiger partial charge < -0.3 is 4.90 Å². The summed E-state index contributed by atoms with van der Waals surface area (Å²) in [6.45, 7) is 4.49. The molecule has 1 aliphatic heterocycles. The number of hydrogen-bond donors (Lipinski definition) is 1. The first kappa shape index (κ1) is 16.8. The number of benzene rings is 2. The molecule has 1 N–H and O–H groups in total. The summed E-state index contributed by atoms with van der Waals surface area (Å²) in [6, 6.07) is 14.2. The summed E-state index contributed by atoms with van der Waals surface area (Å²) in [5.74, 6) is 0.545. The minimum atomic E-state index is -0.0344. The van der Waals surface area contributed by atoms with Gasteiger partial charge in [-0.1, -0.05) is 31.2 Å². The van der Waals surface area contributed by atoms with Gasteiger partial charge in [-0.2, -0.15) is 10.4 Å². The lowest BCUT2D eigenvalue weighted by molar-refractivity contribution is 0.0794. The molecule has 0 saturated heterocycles. The zero-order valence-corrected chi connectivity index (χ0v) is 15.5. The molecule has 1 fully saturated rings. The molecule has 1 aromatic heterocycles. The van der Waals surface area contributed by atoms with E-state index in [-0.39, 0.29) is 12.5 Å². The van der Waals surface area contributed by atoms with Gasteiger partial charge in [0.1, 0.15) is 0 Å². The van der Waals surface area contributed by atoms with Crippen LogP contribution >= 0.6 is 0 Å². The van der Waals surface area contributed by atoms with Crippen molar-refractivity contribution in [2.75, 3.05) is 6.54 Å². The molecule has 1 amide bonds. The molecule has 5 nitrogen and oxygen atoms in total. The predicted molar refractivity (Wildman–Crippen MR) is 108 cm³/mol. The first-order valence-electron chi connectivity index (χ1n) is 9.63. The highest BCUT2D eigenvalue weighted by Gasteiger charge is 2.30. The van der Waals surface area contributed by atoms with Crippen LogP contribution in [0.2, 0.25) is 0 Å². The smallest absolute Gasteiger partial charge is 0.254 e. The van der Waals surface area contributed by atoms with Gasteiger partial charge in [0, 0.05) is 34.7 Å². The van der Waals surface area contributed by atoms with Crippen molar-refractivity contribution >= 4 is 16.8 Å². The van der Waals surface area contributed by atoms with E-state index >= 15 is 0 Å². The minimum absolute atomic E-state index is 0.0344. The average molecular weight is 368 g/mol. The second-order valence-corrected chi connectivity index (χ2v) is 7.71. The molecule has 1 saturated carbocycles. The van der Waals surface area contributed by atoms with E-state index in [0.29, 0.717) is 18.0 Å². The quantitative estimate of drug-likeness (QED) is 0.688. The molecule has 3 aromatic rings. The Balaban J connectivity index is 1.56. The number of carbonyl (C=O) groups is 1. The fourth-order valence-corrected chi connectivity index (χ4v) is 4.26. The number of aromatic amines is 1. The van der Waals surface area contributed by atoms with E-state index in [0.717, 1.165) is 27.8 Å². The maximum Gasteiger partial charge on any atom is 0.254 e. The summed E-state index contributed by atoms with van der Waals surface area (Å²) < 4.78 is 0. The molecule has 5 heteroatoms. The Bertz CT molecular complexity index is 1160. The van der Waals surface area contributed by atoms with E-state index in [9.17, 15) is 4.79 Å². The second kappa shape index (κ2) is 6.35. The largest absolute Gasteiger partial charge is 0.329 e. The van der Waals surface area contributed by atoms with Gasteiger partial charge in [0.05, 0.1) is 18.1 Å². The summed E-state index contributed by atoms with van der Waals surface area (Å²) in [5, 5.41) is 17.9. The van der Waals surface area contributed by atoms with Crippen LogP contribution in [0.1, 0.15) is 46.8 Å². The van der Waals surface area contributed by atoms with Gasteiger partial charge >= 0.3 is 0 Å². The molecule has 28 heavy (non-hydrogen) atoms. The first-order valence-corrected chi connectivity index (χ1v) is 9.63. The van der Waals surface area contributed by atoms with Crippen molar-refractivity contribution in [2.45, 2.75) is 31.7 Å². The summed E-state index contributed by atoms with van der Waals surface area (Å²) in [4.78, 5) is 14.4. The van der Waals surface area contributed by atoms with Crippen LogP contribution in [0.5, 0.6) is 0 Å². The molecule has 1 aliphatic carbocycles. The molecule has 0 radical (unpaired) electrons. The van der Waals surface area contributed by atoms with Gasteiger partial charge in [-0.15, -0.1) is 0 Å². The number of nitriles is 1. The topological polar surface area (TPSA) is 72.8 Å². The summed E-state index contributed by atoms with van der Waals surface area (Å²) in [5.41, 5.74) is 6.52. The van der Waals surface area contributed by atoms with Gasteiger partial charge in [-0.3, -0.25) is 9.89 Å². The molecule has 0 unspecified atom stereocenters. The van der Waals surface area contributed by atoms with E-state index in [1.807, 2.05) is 18.2 Å². The summed E-state index contributed by atoms with van der Waals surface area (Å²) in [7, 11) is 0. The molecule has 0 spiro atoms. The zero-order valence-electron chi connectivity index (χ0n) is 15.5. The Morgan fingerprint density at radius 3 is 2.86 bits per heavy atom. The Morgan fingerprint density at radius 1 is 1.29 bits per heavy atom. The van der Waals surface area contributed by atoms with E-state index in [1.54, 1.807) is 4.90 Å². The maximum atomic E-state index is 12.8. The number of rotatable bonds is 4. The van der Waals surface area contributed by atoms with Gasteiger partial charge in [-0.05, 0) is 47.7 Å². The lowest BCUT2D eigenvalue weighted by Gasteiger charge is -2.24. The van der Waals surface area contributed by atoms with Crippen molar-refractivity contribution in [1.29, 1.82) is 5.26 Å². The number of fused-ring (bicyclic) bond motifs is 2. The number of H-pyrrole nitrogens is 1. The van der Waals surface area contributed by atoms with Crippen molar-refractivity contribution in [1.82, 2.24) is 15.1 Å². The Morgan fingerprint density at radius 2 is 2.11 bits per heavy atom. The molecule has 2 aliphatic rings. The normalized spacial score (nSPS) is 16.1. The Kier molecular flexibility index (Phi) is 3.80. The predicted octanol–water partition coefficient (Wildman–Crippen LogP) is 4.53. The molecule has 138 valence electrons. The maximum absolute atomic E-state index is 12.8. The van der Waals surface area contributed by atoms with E-state index < -0.39 is 0 Å². The Labute approximate surface area is 163 Å². The third kappa shape index (κ3) is 2.53. The second-order valence-electron chi connectivity index (χ2n) is 7.71. The van der Waals surface area contributed by atoms with Crippen LogP contribution in [0, 0.1) is 11.3 Å². The molecular formula is C23H20N4O. The zero-order chi connectivity index (χ0) is 19.3. The first-order chi connectivity index (χ1) is 13.7. The van der Waals surface area contributed by atoms with E-state index in [4.69, 9.17) is 5.26 Å². The molecule has 2 aromatic carbocycles. The highest BCUT2D eigenvalue weighted by atomic mass is 16.2. The van der Waals surface area contributed by atoms with Crippen molar-refractivity contribution in [2.24, 2.45) is 0 Å². The van der Waals surface area contributed by atoms with Crippen LogP contribution < -0.4 is 0 Å². The van der Waals surface area contributed by atoms with Crippen LogP contribution in [0.25, 0.3) is 22.0 Å². The SMILES string of the molecule is C=C(C#N)CN1Cc2c(cccc2-c2ccc3n[nH]c(C4CCC4)c3c2)C1=O. The number of amides is 1. The standard InChI is InChI=1S/C23H20N4O/c1-14(11-24)12-27-13-20-17(6-3-7-18(20)23(27)28)16-8-9-21-19(10-16)22(26-25-21)15-4-2-5-15/h3,6-10,15H,1-2,4-5,12-13H2,(H,25,26). The fourth-order valence-electron chi connectivity index (χ4n) is 4.26.